The van der Waals surface area contributed by atoms with Gasteiger partial charge in [-0.2, -0.15) is 4.98 Å². The van der Waals surface area contributed by atoms with E-state index in [4.69, 9.17) is 20.9 Å². The molecule has 3 rings (SSSR count). The molecule has 2 heterocycles. The molecule has 0 spiro atoms. The number of aryl methyl sites for hydroxylation is 1. The number of hydrogen-bond acceptors (Lipinski definition) is 5. The van der Waals surface area contributed by atoms with Gasteiger partial charge in [-0.25, -0.2) is 0 Å². The van der Waals surface area contributed by atoms with Crippen molar-refractivity contribution >= 4 is 17.5 Å². The summed E-state index contributed by atoms with van der Waals surface area (Å²) in [6.45, 7) is 3.04. The zero-order chi connectivity index (χ0) is 16.2. The van der Waals surface area contributed by atoms with E-state index in [9.17, 15) is 4.79 Å². The van der Waals surface area contributed by atoms with Gasteiger partial charge in [0, 0.05) is 37.9 Å². The van der Waals surface area contributed by atoms with Crippen LogP contribution in [0.5, 0.6) is 5.75 Å². The van der Waals surface area contributed by atoms with Crippen molar-refractivity contribution in [3.8, 4) is 5.75 Å². The molecule has 0 aliphatic carbocycles. The SMILES string of the molecule is Cc1nc(CC(=O)N2CCC(Oc3cccc(Cl)c3)CC2)no1. The number of hydrogen-bond donors (Lipinski definition) is 0. The average molecular weight is 336 g/mol. The number of carbonyl (C=O) groups is 1. The summed E-state index contributed by atoms with van der Waals surface area (Å²) in [4.78, 5) is 18.1. The van der Waals surface area contributed by atoms with Crippen LogP contribution in [0.1, 0.15) is 24.6 Å². The van der Waals surface area contributed by atoms with Crippen molar-refractivity contribution in [1.29, 1.82) is 0 Å². The fourth-order valence-corrected chi connectivity index (χ4v) is 2.80. The van der Waals surface area contributed by atoms with Gasteiger partial charge in [-0.05, 0) is 18.2 Å². The van der Waals surface area contributed by atoms with Crippen LogP contribution in [0.15, 0.2) is 28.8 Å². The maximum Gasteiger partial charge on any atom is 0.230 e. The van der Waals surface area contributed by atoms with Crippen LogP contribution in [0.25, 0.3) is 0 Å². The second-order valence-corrected chi connectivity index (χ2v) is 6.00. The smallest absolute Gasteiger partial charge is 0.230 e. The van der Waals surface area contributed by atoms with E-state index in [0.717, 1.165) is 18.6 Å². The lowest BCUT2D eigenvalue weighted by atomic mass is 10.1. The maximum absolute atomic E-state index is 12.2. The van der Waals surface area contributed by atoms with Crippen molar-refractivity contribution in [2.24, 2.45) is 0 Å². The highest BCUT2D eigenvalue weighted by Gasteiger charge is 2.25. The first kappa shape index (κ1) is 15.8. The predicted octanol–water partition coefficient (Wildman–Crippen LogP) is 2.64. The molecule has 1 fully saturated rings. The molecule has 1 aliphatic heterocycles. The lowest BCUT2D eigenvalue weighted by molar-refractivity contribution is -0.132. The molecule has 23 heavy (non-hydrogen) atoms. The number of piperidine rings is 1. The summed E-state index contributed by atoms with van der Waals surface area (Å²) in [5, 5.41) is 4.42. The second-order valence-electron chi connectivity index (χ2n) is 5.56. The van der Waals surface area contributed by atoms with E-state index >= 15 is 0 Å². The Labute approximate surface area is 139 Å². The number of halogens is 1. The van der Waals surface area contributed by atoms with Crippen LogP contribution in [0.3, 0.4) is 0 Å². The first-order valence-corrected chi connectivity index (χ1v) is 7.97. The van der Waals surface area contributed by atoms with Gasteiger partial charge in [-0.3, -0.25) is 4.79 Å². The molecule has 122 valence electrons. The van der Waals surface area contributed by atoms with E-state index in [-0.39, 0.29) is 18.4 Å². The van der Waals surface area contributed by atoms with Gasteiger partial charge in [0.2, 0.25) is 11.8 Å². The van der Waals surface area contributed by atoms with Crippen molar-refractivity contribution in [2.75, 3.05) is 13.1 Å². The number of likely N-dealkylation sites (tertiary alicyclic amines) is 1. The Kier molecular flexibility index (Phi) is 4.81. The van der Waals surface area contributed by atoms with Crippen LogP contribution in [0.4, 0.5) is 0 Å². The van der Waals surface area contributed by atoms with Crippen LogP contribution in [-0.4, -0.2) is 40.1 Å². The van der Waals surface area contributed by atoms with Crippen LogP contribution >= 0.6 is 11.6 Å². The highest BCUT2D eigenvalue weighted by molar-refractivity contribution is 6.30. The third-order valence-corrected chi connectivity index (χ3v) is 4.01. The first-order valence-electron chi connectivity index (χ1n) is 7.59. The van der Waals surface area contributed by atoms with Crippen LogP contribution in [0, 0.1) is 6.92 Å². The molecular weight excluding hydrogens is 318 g/mol. The van der Waals surface area contributed by atoms with Gasteiger partial charge < -0.3 is 14.2 Å². The molecule has 0 saturated carbocycles. The Bertz CT molecular complexity index is 681. The largest absolute Gasteiger partial charge is 0.490 e. The average Bonchev–Trinajstić information content (AvgIpc) is 2.93. The minimum Gasteiger partial charge on any atom is -0.490 e. The predicted molar refractivity (Wildman–Crippen MR) is 84.4 cm³/mol. The molecule has 0 N–H and O–H groups in total. The van der Waals surface area contributed by atoms with E-state index in [1.165, 1.54) is 0 Å². The fraction of sp³-hybridized carbons (Fsp3) is 0.438. The molecule has 1 amide bonds. The molecule has 0 radical (unpaired) electrons. The first-order chi connectivity index (χ1) is 11.1. The number of carbonyl (C=O) groups excluding carboxylic acids is 1. The lowest BCUT2D eigenvalue weighted by Crippen LogP contribution is -2.42. The van der Waals surface area contributed by atoms with Gasteiger partial charge in [0.25, 0.3) is 0 Å². The molecule has 1 aromatic carbocycles. The molecule has 0 bridgehead atoms. The molecule has 0 unspecified atom stereocenters. The Balaban J connectivity index is 1.49. The minimum absolute atomic E-state index is 0.0204. The van der Waals surface area contributed by atoms with Gasteiger partial charge in [-0.1, -0.05) is 22.8 Å². The van der Waals surface area contributed by atoms with Crippen molar-refractivity contribution in [3.63, 3.8) is 0 Å². The molecule has 2 aromatic rings. The van der Waals surface area contributed by atoms with Crippen molar-refractivity contribution in [2.45, 2.75) is 32.3 Å². The Morgan fingerprint density at radius 1 is 1.43 bits per heavy atom. The number of ether oxygens (including phenoxy) is 1. The highest BCUT2D eigenvalue weighted by Crippen LogP contribution is 2.22. The van der Waals surface area contributed by atoms with Gasteiger partial charge in [-0.15, -0.1) is 0 Å². The quantitative estimate of drug-likeness (QED) is 0.859. The molecule has 0 atom stereocenters. The summed E-state index contributed by atoms with van der Waals surface area (Å²) in [5.74, 6) is 1.70. The summed E-state index contributed by atoms with van der Waals surface area (Å²) in [6, 6.07) is 7.37. The Morgan fingerprint density at radius 2 is 2.22 bits per heavy atom. The molecule has 1 saturated heterocycles. The zero-order valence-electron chi connectivity index (χ0n) is 12.9. The maximum atomic E-state index is 12.2. The second kappa shape index (κ2) is 7.00. The number of nitrogens with zero attached hydrogens (tertiary/aromatic N) is 3. The zero-order valence-corrected chi connectivity index (χ0v) is 13.6. The fourth-order valence-electron chi connectivity index (χ4n) is 2.62. The topological polar surface area (TPSA) is 68.5 Å². The standard InChI is InChI=1S/C16H18ClN3O3/c1-11-18-15(19-23-11)10-16(21)20-7-5-13(6-8-20)22-14-4-2-3-12(17)9-14/h2-4,9,13H,5-8,10H2,1H3. The van der Waals surface area contributed by atoms with Gasteiger partial charge in [0.05, 0.1) is 6.42 Å². The molecule has 1 aliphatic rings. The normalized spacial score (nSPS) is 15.7. The number of benzene rings is 1. The summed E-state index contributed by atoms with van der Waals surface area (Å²) < 4.78 is 10.8. The van der Waals surface area contributed by atoms with E-state index in [2.05, 4.69) is 10.1 Å². The number of aromatic nitrogens is 2. The molecule has 7 heteroatoms. The van der Waals surface area contributed by atoms with Crippen molar-refractivity contribution in [3.05, 3.63) is 41.0 Å². The highest BCUT2D eigenvalue weighted by atomic mass is 35.5. The summed E-state index contributed by atoms with van der Waals surface area (Å²) in [6.07, 6.45) is 1.87. The van der Waals surface area contributed by atoms with E-state index in [1.807, 2.05) is 23.1 Å². The summed E-state index contributed by atoms with van der Waals surface area (Å²) in [5.41, 5.74) is 0. The van der Waals surface area contributed by atoms with Gasteiger partial charge in [0.15, 0.2) is 5.82 Å². The van der Waals surface area contributed by atoms with Crippen LogP contribution in [0.2, 0.25) is 5.02 Å². The Morgan fingerprint density at radius 3 is 2.87 bits per heavy atom. The third kappa shape index (κ3) is 4.22. The molecule has 1 aromatic heterocycles. The Hall–Kier alpha value is -2.08. The van der Waals surface area contributed by atoms with Crippen molar-refractivity contribution in [1.82, 2.24) is 15.0 Å². The van der Waals surface area contributed by atoms with Crippen LogP contribution < -0.4 is 4.74 Å². The third-order valence-electron chi connectivity index (χ3n) is 3.77. The van der Waals surface area contributed by atoms with Crippen molar-refractivity contribution < 1.29 is 14.1 Å². The van der Waals surface area contributed by atoms with Gasteiger partial charge in [0.1, 0.15) is 11.9 Å². The van der Waals surface area contributed by atoms with Crippen LogP contribution in [-0.2, 0) is 11.2 Å². The van der Waals surface area contributed by atoms with Gasteiger partial charge >= 0.3 is 0 Å². The number of amides is 1. The number of rotatable bonds is 4. The summed E-state index contributed by atoms with van der Waals surface area (Å²) in [7, 11) is 0. The van der Waals surface area contributed by atoms with E-state index in [1.54, 1.807) is 13.0 Å². The lowest BCUT2D eigenvalue weighted by Gasteiger charge is -2.32. The minimum atomic E-state index is 0.0204. The monoisotopic (exact) mass is 335 g/mol. The summed E-state index contributed by atoms with van der Waals surface area (Å²) >= 11 is 5.95. The van der Waals surface area contributed by atoms with E-state index in [0.29, 0.717) is 29.8 Å². The molecule has 6 nitrogen and oxygen atoms in total. The van der Waals surface area contributed by atoms with E-state index < -0.39 is 0 Å². The molecular formula is C16H18ClN3O3.